The lowest BCUT2D eigenvalue weighted by Crippen LogP contribution is -2.17. The Bertz CT molecular complexity index is 854. The summed E-state index contributed by atoms with van der Waals surface area (Å²) in [7, 11) is 1.61. The van der Waals surface area contributed by atoms with Crippen molar-refractivity contribution in [1.29, 1.82) is 0 Å². The molecule has 26 heavy (non-hydrogen) atoms. The highest BCUT2D eigenvalue weighted by molar-refractivity contribution is 5.44. The minimum absolute atomic E-state index is 0.131. The topological polar surface area (TPSA) is 26.2 Å². The molecule has 0 bridgehead atoms. The fourth-order valence-corrected chi connectivity index (χ4v) is 2.80. The molecule has 0 aliphatic rings. The average Bonchev–Trinajstić information content (AvgIpc) is 3.10. The van der Waals surface area contributed by atoms with Gasteiger partial charge in [-0.2, -0.15) is 13.2 Å². The summed E-state index contributed by atoms with van der Waals surface area (Å²) in [4.78, 5) is 0. The predicted octanol–water partition coefficient (Wildman–Crippen LogP) is 4.79. The van der Waals surface area contributed by atoms with E-state index in [0.717, 1.165) is 23.1 Å². The van der Waals surface area contributed by atoms with E-state index in [4.69, 9.17) is 4.74 Å². The molecule has 2 aromatic carbocycles. The second-order valence-electron chi connectivity index (χ2n) is 5.84. The summed E-state index contributed by atoms with van der Waals surface area (Å²) >= 11 is 0. The summed E-state index contributed by atoms with van der Waals surface area (Å²) in [6, 6.07) is 16.8. The van der Waals surface area contributed by atoms with E-state index in [0.29, 0.717) is 13.1 Å². The van der Waals surface area contributed by atoms with Crippen molar-refractivity contribution in [3.8, 4) is 11.4 Å². The van der Waals surface area contributed by atoms with Crippen molar-refractivity contribution in [2.45, 2.75) is 19.3 Å². The lowest BCUT2D eigenvalue weighted by molar-refractivity contribution is -0.137. The van der Waals surface area contributed by atoms with Crippen LogP contribution in [0.3, 0.4) is 0 Å². The molecular formula is C20H19F3N2O. The van der Waals surface area contributed by atoms with Crippen molar-refractivity contribution >= 4 is 0 Å². The van der Waals surface area contributed by atoms with Gasteiger partial charge < -0.3 is 14.6 Å². The summed E-state index contributed by atoms with van der Waals surface area (Å²) in [5.41, 5.74) is 1.31. The number of nitrogens with one attached hydrogen (secondary N) is 1. The number of benzene rings is 2. The molecule has 1 N–H and O–H groups in total. The molecule has 0 spiro atoms. The molecule has 136 valence electrons. The van der Waals surface area contributed by atoms with Crippen molar-refractivity contribution in [3.05, 3.63) is 83.7 Å². The van der Waals surface area contributed by atoms with Gasteiger partial charge in [0, 0.05) is 25.0 Å². The van der Waals surface area contributed by atoms with Gasteiger partial charge in [-0.1, -0.05) is 24.3 Å². The molecule has 0 amide bonds. The number of alkyl halides is 3. The van der Waals surface area contributed by atoms with Crippen molar-refractivity contribution in [2.75, 3.05) is 7.11 Å². The van der Waals surface area contributed by atoms with E-state index >= 15 is 0 Å². The van der Waals surface area contributed by atoms with Crippen LogP contribution in [0, 0.1) is 0 Å². The second kappa shape index (κ2) is 7.66. The van der Waals surface area contributed by atoms with Gasteiger partial charge in [-0.15, -0.1) is 0 Å². The zero-order valence-corrected chi connectivity index (χ0v) is 14.3. The Kier molecular flexibility index (Phi) is 5.32. The molecule has 0 aliphatic carbocycles. The van der Waals surface area contributed by atoms with Gasteiger partial charge in [-0.05, 0) is 42.0 Å². The number of halogens is 3. The molecule has 1 heterocycles. The molecule has 1 aromatic heterocycles. The highest BCUT2D eigenvalue weighted by Gasteiger charge is 2.33. The highest BCUT2D eigenvalue weighted by atomic mass is 19.4. The number of rotatable bonds is 6. The summed E-state index contributed by atoms with van der Waals surface area (Å²) in [5, 5.41) is 3.27. The lowest BCUT2D eigenvalue weighted by atomic mass is 10.1. The van der Waals surface area contributed by atoms with Crippen molar-refractivity contribution in [3.63, 3.8) is 0 Å². The molecule has 3 aromatic rings. The first kappa shape index (κ1) is 18.1. The minimum Gasteiger partial charge on any atom is -0.497 e. The quantitative estimate of drug-likeness (QED) is 0.684. The van der Waals surface area contributed by atoms with E-state index in [9.17, 15) is 13.2 Å². The smallest absolute Gasteiger partial charge is 0.418 e. The van der Waals surface area contributed by atoms with Gasteiger partial charge in [0.25, 0.3) is 0 Å². The summed E-state index contributed by atoms with van der Waals surface area (Å²) in [6.07, 6.45) is -2.75. The van der Waals surface area contributed by atoms with Crippen LogP contribution in [0.5, 0.6) is 5.75 Å². The van der Waals surface area contributed by atoms with E-state index in [1.807, 2.05) is 30.3 Å². The van der Waals surface area contributed by atoms with Crippen molar-refractivity contribution < 1.29 is 17.9 Å². The van der Waals surface area contributed by atoms with Crippen LogP contribution in [-0.2, 0) is 19.3 Å². The Balaban J connectivity index is 1.73. The average molecular weight is 360 g/mol. The first-order valence-electron chi connectivity index (χ1n) is 8.15. The summed E-state index contributed by atoms with van der Waals surface area (Å²) in [6.45, 7) is 1.06. The molecule has 0 saturated heterocycles. The van der Waals surface area contributed by atoms with Crippen LogP contribution in [0.25, 0.3) is 5.69 Å². The summed E-state index contributed by atoms with van der Waals surface area (Å²) < 4.78 is 46.5. The van der Waals surface area contributed by atoms with Gasteiger partial charge in [-0.3, -0.25) is 0 Å². The van der Waals surface area contributed by atoms with Gasteiger partial charge in [0.2, 0.25) is 0 Å². The standard InChI is InChI=1S/C20H19F3N2O/c1-26-17-10-8-15(9-11-17)13-24-14-16-5-4-12-25(16)19-7-3-2-6-18(19)20(21,22)23/h2-12,24H,13-14H2,1H3. The fraction of sp³-hybridized carbons (Fsp3) is 0.200. The van der Waals surface area contributed by atoms with Crippen molar-refractivity contribution in [2.24, 2.45) is 0 Å². The number of aromatic nitrogens is 1. The van der Waals surface area contributed by atoms with E-state index < -0.39 is 11.7 Å². The largest absolute Gasteiger partial charge is 0.497 e. The zero-order chi connectivity index (χ0) is 18.6. The Labute approximate surface area is 150 Å². The molecule has 0 fully saturated rings. The van der Waals surface area contributed by atoms with Crippen LogP contribution >= 0.6 is 0 Å². The van der Waals surface area contributed by atoms with Crippen LogP contribution in [0.15, 0.2) is 66.9 Å². The van der Waals surface area contributed by atoms with Gasteiger partial charge in [0.05, 0.1) is 18.4 Å². The Morgan fingerprint density at radius 1 is 0.923 bits per heavy atom. The maximum absolute atomic E-state index is 13.3. The van der Waals surface area contributed by atoms with Crippen LogP contribution in [0.2, 0.25) is 0 Å². The molecule has 3 nitrogen and oxygen atoms in total. The third kappa shape index (κ3) is 4.08. The number of ether oxygens (including phenoxy) is 1. The molecule has 3 rings (SSSR count). The van der Waals surface area contributed by atoms with Gasteiger partial charge in [0.1, 0.15) is 5.75 Å². The molecule has 0 saturated carbocycles. The number of methoxy groups -OCH3 is 1. The second-order valence-corrected chi connectivity index (χ2v) is 5.84. The third-order valence-corrected chi connectivity index (χ3v) is 4.10. The third-order valence-electron chi connectivity index (χ3n) is 4.10. The SMILES string of the molecule is COc1ccc(CNCc2cccn2-c2ccccc2C(F)(F)F)cc1. The first-order valence-corrected chi connectivity index (χ1v) is 8.15. The van der Waals surface area contributed by atoms with Crippen molar-refractivity contribution in [1.82, 2.24) is 9.88 Å². The number of para-hydroxylation sites is 1. The van der Waals surface area contributed by atoms with Crippen LogP contribution in [0.1, 0.15) is 16.8 Å². The van der Waals surface area contributed by atoms with Crippen LogP contribution in [-0.4, -0.2) is 11.7 Å². The van der Waals surface area contributed by atoms with Crippen LogP contribution in [0.4, 0.5) is 13.2 Å². The molecular weight excluding hydrogens is 341 g/mol. The summed E-state index contributed by atoms with van der Waals surface area (Å²) in [5.74, 6) is 0.784. The highest BCUT2D eigenvalue weighted by Crippen LogP contribution is 2.34. The molecule has 0 aliphatic heterocycles. The molecule has 0 atom stereocenters. The number of hydrogen-bond acceptors (Lipinski definition) is 2. The Hall–Kier alpha value is -2.73. The van der Waals surface area contributed by atoms with Gasteiger partial charge in [-0.25, -0.2) is 0 Å². The van der Waals surface area contributed by atoms with E-state index in [1.165, 1.54) is 12.1 Å². The monoisotopic (exact) mass is 360 g/mol. The normalized spacial score (nSPS) is 11.5. The van der Waals surface area contributed by atoms with Gasteiger partial charge >= 0.3 is 6.18 Å². The van der Waals surface area contributed by atoms with E-state index in [-0.39, 0.29) is 5.69 Å². The predicted molar refractivity (Wildman–Crippen MR) is 94.3 cm³/mol. The van der Waals surface area contributed by atoms with E-state index in [2.05, 4.69) is 5.32 Å². The van der Waals surface area contributed by atoms with E-state index in [1.54, 1.807) is 30.0 Å². The molecule has 0 radical (unpaired) electrons. The number of hydrogen-bond donors (Lipinski definition) is 1. The molecule has 6 heteroatoms. The maximum atomic E-state index is 13.3. The van der Waals surface area contributed by atoms with Gasteiger partial charge in [0.15, 0.2) is 0 Å². The molecule has 0 unspecified atom stereocenters. The Morgan fingerprint density at radius 3 is 2.35 bits per heavy atom. The number of nitrogens with zero attached hydrogens (tertiary/aromatic N) is 1. The lowest BCUT2D eigenvalue weighted by Gasteiger charge is -2.16. The first-order chi connectivity index (χ1) is 12.5. The Morgan fingerprint density at radius 2 is 1.65 bits per heavy atom. The zero-order valence-electron chi connectivity index (χ0n) is 14.3. The maximum Gasteiger partial charge on any atom is 0.418 e. The van der Waals surface area contributed by atoms with Crippen LogP contribution < -0.4 is 10.1 Å². The fourth-order valence-electron chi connectivity index (χ4n) is 2.80. The minimum atomic E-state index is -4.39.